The summed E-state index contributed by atoms with van der Waals surface area (Å²) in [5, 5.41) is 7.74. The molecule has 2 aliphatic rings. The summed E-state index contributed by atoms with van der Waals surface area (Å²) >= 11 is 1.45. The van der Waals surface area contributed by atoms with E-state index in [1.165, 1.54) is 17.8 Å². The van der Waals surface area contributed by atoms with Gasteiger partial charge in [-0.05, 0) is 44.9 Å². The maximum atomic E-state index is 13.9. The van der Waals surface area contributed by atoms with Crippen molar-refractivity contribution in [3.8, 4) is 11.3 Å². The summed E-state index contributed by atoms with van der Waals surface area (Å²) in [5.41, 5.74) is 1.70. The van der Waals surface area contributed by atoms with E-state index in [0.717, 1.165) is 54.8 Å². The van der Waals surface area contributed by atoms with Crippen molar-refractivity contribution < 1.29 is 14.4 Å². The fourth-order valence-electron chi connectivity index (χ4n) is 5.31. The normalized spacial score (nSPS) is 20.1. The van der Waals surface area contributed by atoms with Gasteiger partial charge in [-0.3, -0.25) is 14.4 Å². The monoisotopic (exact) mass is 510 g/mol. The third-order valence-corrected chi connectivity index (χ3v) is 8.49. The first-order valence-electron chi connectivity index (χ1n) is 13.3. The molecule has 3 atom stereocenters. The van der Waals surface area contributed by atoms with Crippen LogP contribution in [0.5, 0.6) is 0 Å². The Morgan fingerprint density at radius 1 is 1.08 bits per heavy atom. The smallest absolute Gasteiger partial charge is 0.247 e. The molecule has 0 bridgehead atoms. The Morgan fingerprint density at radius 3 is 2.50 bits per heavy atom. The number of rotatable bonds is 8. The van der Waals surface area contributed by atoms with Gasteiger partial charge in [0.1, 0.15) is 22.8 Å². The molecule has 2 aromatic rings. The number of benzene rings is 1. The number of likely N-dealkylation sites (tertiary alicyclic amines) is 1. The van der Waals surface area contributed by atoms with Crippen LogP contribution in [-0.2, 0) is 14.4 Å². The molecule has 36 heavy (non-hydrogen) atoms. The summed E-state index contributed by atoms with van der Waals surface area (Å²) in [6.45, 7) is 6.33. The third-order valence-electron chi connectivity index (χ3n) is 7.60. The predicted octanol–water partition coefficient (Wildman–Crippen LogP) is 5.16. The van der Waals surface area contributed by atoms with E-state index in [4.69, 9.17) is 0 Å². The number of nitrogens with one attached hydrogen (secondary N) is 2. The molecule has 0 unspecified atom stereocenters. The van der Waals surface area contributed by atoms with E-state index in [2.05, 4.69) is 15.6 Å². The number of aromatic nitrogens is 1. The third kappa shape index (κ3) is 5.97. The minimum absolute atomic E-state index is 0.0748. The van der Waals surface area contributed by atoms with Gasteiger partial charge in [0.2, 0.25) is 17.7 Å². The van der Waals surface area contributed by atoms with E-state index in [9.17, 15) is 14.4 Å². The molecule has 2 fully saturated rings. The van der Waals surface area contributed by atoms with Crippen LogP contribution in [0.3, 0.4) is 0 Å². The second kappa shape index (κ2) is 12.0. The number of nitrogens with zero attached hydrogens (tertiary/aromatic N) is 2. The van der Waals surface area contributed by atoms with Crippen molar-refractivity contribution in [1.29, 1.82) is 0 Å². The Morgan fingerprint density at radius 2 is 1.81 bits per heavy atom. The van der Waals surface area contributed by atoms with E-state index in [-0.39, 0.29) is 29.6 Å². The van der Waals surface area contributed by atoms with E-state index >= 15 is 0 Å². The van der Waals surface area contributed by atoms with Gasteiger partial charge >= 0.3 is 0 Å². The standard InChI is InChI=1S/C28H38N4O3S/c1-4-18(2)25(33)30-24(21-14-9-6-10-15-21)28(35)32-17-11-16-22(32)26(34)31-27-23(29-19(3)36-27)20-12-7-5-8-13-20/h5,7-8,12-13,18,21-22,24H,4,6,9-11,14-17H2,1-3H3,(H,30,33)(H,31,34)/t18-,22+,24+/m1/s1. The van der Waals surface area contributed by atoms with Gasteiger partial charge in [0.15, 0.2) is 0 Å². The molecule has 1 aromatic carbocycles. The molecule has 194 valence electrons. The number of carbonyl (C=O) groups is 3. The Bertz CT molecular complexity index is 1060. The number of hydrogen-bond donors (Lipinski definition) is 2. The van der Waals surface area contributed by atoms with Crippen LogP contribution in [0.1, 0.15) is 70.2 Å². The zero-order chi connectivity index (χ0) is 25.7. The Kier molecular flexibility index (Phi) is 8.77. The van der Waals surface area contributed by atoms with Gasteiger partial charge in [0, 0.05) is 18.0 Å². The Balaban J connectivity index is 1.52. The molecule has 4 rings (SSSR count). The van der Waals surface area contributed by atoms with Gasteiger partial charge in [0.05, 0.1) is 5.01 Å². The van der Waals surface area contributed by atoms with Gasteiger partial charge in [-0.2, -0.15) is 0 Å². The summed E-state index contributed by atoms with van der Waals surface area (Å²) in [7, 11) is 0. The van der Waals surface area contributed by atoms with Crippen LogP contribution < -0.4 is 10.6 Å². The van der Waals surface area contributed by atoms with Crippen molar-refractivity contribution >= 4 is 34.1 Å². The Hall–Kier alpha value is -2.74. The molecule has 8 heteroatoms. The zero-order valence-corrected chi connectivity index (χ0v) is 22.4. The number of anilines is 1. The van der Waals surface area contributed by atoms with E-state index < -0.39 is 12.1 Å². The van der Waals surface area contributed by atoms with Crippen LogP contribution in [0.15, 0.2) is 30.3 Å². The lowest BCUT2D eigenvalue weighted by atomic mass is 9.83. The van der Waals surface area contributed by atoms with Gasteiger partial charge in [0.25, 0.3) is 0 Å². The molecule has 1 aliphatic heterocycles. The number of thiazole rings is 1. The van der Waals surface area contributed by atoms with Crippen LogP contribution in [-0.4, -0.2) is 46.2 Å². The first-order chi connectivity index (χ1) is 17.4. The number of aryl methyl sites for hydroxylation is 1. The van der Waals surface area contributed by atoms with E-state index in [1.54, 1.807) is 4.90 Å². The fraction of sp³-hybridized carbons (Fsp3) is 0.571. The van der Waals surface area contributed by atoms with Gasteiger partial charge < -0.3 is 15.5 Å². The minimum Gasteiger partial charge on any atom is -0.344 e. The largest absolute Gasteiger partial charge is 0.344 e. The van der Waals surface area contributed by atoms with Crippen molar-refractivity contribution in [3.63, 3.8) is 0 Å². The molecule has 1 aromatic heterocycles. The molecule has 2 N–H and O–H groups in total. The van der Waals surface area contributed by atoms with E-state index in [0.29, 0.717) is 18.0 Å². The maximum absolute atomic E-state index is 13.9. The van der Waals surface area contributed by atoms with E-state index in [1.807, 2.05) is 51.1 Å². The van der Waals surface area contributed by atoms with Gasteiger partial charge in [-0.15, -0.1) is 11.3 Å². The molecule has 0 radical (unpaired) electrons. The van der Waals surface area contributed by atoms with Crippen LogP contribution in [0.25, 0.3) is 11.3 Å². The molecule has 7 nitrogen and oxygen atoms in total. The van der Waals surface area contributed by atoms with Crippen LogP contribution in [0, 0.1) is 18.8 Å². The average Bonchev–Trinajstić information content (AvgIpc) is 3.54. The Labute approximate surface area is 218 Å². The van der Waals surface area contributed by atoms with Crippen molar-refractivity contribution in [2.45, 2.75) is 84.2 Å². The summed E-state index contributed by atoms with van der Waals surface area (Å²) < 4.78 is 0. The molecule has 1 saturated carbocycles. The van der Waals surface area contributed by atoms with Crippen molar-refractivity contribution in [1.82, 2.24) is 15.2 Å². The van der Waals surface area contributed by atoms with Crippen molar-refractivity contribution in [2.24, 2.45) is 11.8 Å². The van der Waals surface area contributed by atoms with Crippen LogP contribution >= 0.6 is 11.3 Å². The average molecular weight is 511 g/mol. The highest BCUT2D eigenvalue weighted by atomic mass is 32.1. The molecule has 1 aliphatic carbocycles. The summed E-state index contributed by atoms with van der Waals surface area (Å²) in [6, 6.07) is 8.69. The first-order valence-corrected chi connectivity index (χ1v) is 14.1. The highest BCUT2D eigenvalue weighted by molar-refractivity contribution is 7.16. The fourth-order valence-corrected chi connectivity index (χ4v) is 6.15. The maximum Gasteiger partial charge on any atom is 0.247 e. The lowest BCUT2D eigenvalue weighted by Crippen LogP contribution is -2.56. The molecule has 2 heterocycles. The summed E-state index contributed by atoms with van der Waals surface area (Å²) in [6.07, 6.45) is 7.30. The second-order valence-electron chi connectivity index (χ2n) is 10.1. The van der Waals surface area contributed by atoms with Crippen LogP contribution in [0.4, 0.5) is 5.00 Å². The van der Waals surface area contributed by atoms with Crippen LogP contribution in [0.2, 0.25) is 0 Å². The highest BCUT2D eigenvalue weighted by Crippen LogP contribution is 2.34. The summed E-state index contributed by atoms with van der Waals surface area (Å²) in [5.74, 6) is -0.392. The number of carbonyl (C=O) groups excluding carboxylic acids is 3. The topological polar surface area (TPSA) is 91.4 Å². The molecule has 3 amide bonds. The van der Waals surface area contributed by atoms with Crippen molar-refractivity contribution in [2.75, 3.05) is 11.9 Å². The lowest BCUT2D eigenvalue weighted by molar-refractivity contribution is -0.142. The first kappa shape index (κ1) is 26.3. The zero-order valence-electron chi connectivity index (χ0n) is 21.6. The second-order valence-corrected chi connectivity index (χ2v) is 11.4. The SMILES string of the molecule is CC[C@@H](C)C(=O)N[C@H](C(=O)N1CCC[C@H]1C(=O)Nc1sc(C)nc1-c1ccccc1)C1CCCCC1. The quantitative estimate of drug-likeness (QED) is 0.513. The molecular weight excluding hydrogens is 472 g/mol. The minimum atomic E-state index is -0.564. The lowest BCUT2D eigenvalue weighted by Gasteiger charge is -2.35. The number of hydrogen-bond acceptors (Lipinski definition) is 5. The predicted molar refractivity (Wildman–Crippen MR) is 144 cm³/mol. The number of amides is 3. The molecule has 1 saturated heterocycles. The van der Waals surface area contributed by atoms with Gasteiger partial charge in [-0.25, -0.2) is 4.98 Å². The molecular formula is C28H38N4O3S. The highest BCUT2D eigenvalue weighted by Gasteiger charge is 2.41. The summed E-state index contributed by atoms with van der Waals surface area (Å²) in [4.78, 5) is 46.5. The van der Waals surface area contributed by atoms with Crippen molar-refractivity contribution in [3.05, 3.63) is 35.3 Å². The molecule has 0 spiro atoms. The van der Waals surface area contributed by atoms with Gasteiger partial charge in [-0.1, -0.05) is 63.4 Å².